The van der Waals surface area contributed by atoms with Gasteiger partial charge in [0.1, 0.15) is 11.6 Å². The largest absolute Gasteiger partial charge is 0.329 e. The minimum absolute atomic E-state index is 0.605. The molecule has 1 aromatic carbocycles. The Balaban J connectivity index is 2.29. The van der Waals surface area contributed by atoms with E-state index >= 15 is 0 Å². The zero-order valence-corrected chi connectivity index (χ0v) is 9.96. The van der Waals surface area contributed by atoms with E-state index in [-0.39, 0.29) is 0 Å². The van der Waals surface area contributed by atoms with E-state index in [0.717, 1.165) is 11.5 Å². The van der Waals surface area contributed by atoms with Gasteiger partial charge in [-0.1, -0.05) is 6.07 Å². The van der Waals surface area contributed by atoms with Gasteiger partial charge in [0.15, 0.2) is 0 Å². The van der Waals surface area contributed by atoms with E-state index in [2.05, 4.69) is 16.5 Å². The molecule has 18 heavy (non-hydrogen) atoms. The van der Waals surface area contributed by atoms with Crippen LogP contribution in [0.2, 0.25) is 0 Å². The summed E-state index contributed by atoms with van der Waals surface area (Å²) >= 11 is 0. The maximum Gasteiger partial charge on any atom is 0.142 e. The first-order chi connectivity index (χ1) is 8.74. The van der Waals surface area contributed by atoms with E-state index in [9.17, 15) is 0 Å². The number of aromatic nitrogens is 1. The van der Waals surface area contributed by atoms with Gasteiger partial charge >= 0.3 is 0 Å². The van der Waals surface area contributed by atoms with Gasteiger partial charge in [-0.15, -0.1) is 0 Å². The van der Waals surface area contributed by atoms with E-state index in [1.165, 1.54) is 0 Å². The van der Waals surface area contributed by atoms with Crippen LogP contribution in [-0.2, 0) is 0 Å². The van der Waals surface area contributed by atoms with Crippen molar-refractivity contribution < 1.29 is 0 Å². The summed E-state index contributed by atoms with van der Waals surface area (Å²) in [7, 11) is 1.91. The molecule has 90 valence electrons. The fourth-order valence-corrected chi connectivity index (χ4v) is 1.58. The average Bonchev–Trinajstić information content (AvgIpc) is 2.46. The number of benzene rings is 1. The standard InChI is InChI=1S/C13H13N5/c1-18(11-7-5-10(9-14)6-8-11)13-4-2-3-12(16-13)17-15/h2-8H,15H2,1H3,(H,16,17). The Bertz CT molecular complexity index is 571. The molecule has 0 aliphatic rings. The third-order valence-electron chi connectivity index (χ3n) is 2.61. The molecule has 0 radical (unpaired) electrons. The van der Waals surface area contributed by atoms with Crippen LogP contribution in [0.25, 0.3) is 0 Å². The lowest BCUT2D eigenvalue weighted by Crippen LogP contribution is -2.14. The maximum absolute atomic E-state index is 8.75. The lowest BCUT2D eigenvalue weighted by molar-refractivity contribution is 1.11. The zero-order chi connectivity index (χ0) is 13.0. The van der Waals surface area contributed by atoms with Crippen molar-refractivity contribution in [1.82, 2.24) is 4.98 Å². The normalized spacial score (nSPS) is 9.61. The number of pyridine rings is 1. The van der Waals surface area contributed by atoms with Gasteiger partial charge in [-0.2, -0.15) is 5.26 Å². The highest BCUT2D eigenvalue weighted by Crippen LogP contribution is 2.22. The molecular formula is C13H13N5. The number of anilines is 3. The smallest absolute Gasteiger partial charge is 0.142 e. The molecule has 2 aromatic rings. The molecule has 0 unspecified atom stereocenters. The van der Waals surface area contributed by atoms with Gasteiger partial charge in [0, 0.05) is 12.7 Å². The quantitative estimate of drug-likeness (QED) is 0.632. The molecule has 0 saturated carbocycles. The van der Waals surface area contributed by atoms with E-state index in [1.54, 1.807) is 18.2 Å². The summed E-state index contributed by atoms with van der Waals surface area (Å²) < 4.78 is 0. The first-order valence-corrected chi connectivity index (χ1v) is 5.42. The van der Waals surface area contributed by atoms with Gasteiger partial charge in [0.05, 0.1) is 11.6 Å². The van der Waals surface area contributed by atoms with Crippen molar-refractivity contribution in [2.75, 3.05) is 17.4 Å². The average molecular weight is 239 g/mol. The Hall–Kier alpha value is -2.58. The molecule has 2 rings (SSSR count). The molecule has 0 fully saturated rings. The fourth-order valence-electron chi connectivity index (χ4n) is 1.58. The highest BCUT2D eigenvalue weighted by atomic mass is 15.3. The van der Waals surface area contributed by atoms with Crippen molar-refractivity contribution in [2.24, 2.45) is 5.84 Å². The van der Waals surface area contributed by atoms with Crippen molar-refractivity contribution in [2.45, 2.75) is 0 Å². The van der Waals surface area contributed by atoms with Crippen molar-refractivity contribution in [3.05, 3.63) is 48.0 Å². The van der Waals surface area contributed by atoms with Crippen LogP contribution < -0.4 is 16.2 Å². The van der Waals surface area contributed by atoms with Crippen LogP contribution in [0, 0.1) is 11.3 Å². The van der Waals surface area contributed by atoms with Crippen molar-refractivity contribution in [3.8, 4) is 6.07 Å². The Labute approximate surface area is 105 Å². The lowest BCUT2D eigenvalue weighted by atomic mass is 10.2. The SMILES string of the molecule is CN(c1ccc(C#N)cc1)c1cccc(NN)n1. The number of rotatable bonds is 3. The summed E-state index contributed by atoms with van der Waals surface area (Å²) in [6.45, 7) is 0. The van der Waals surface area contributed by atoms with Gasteiger partial charge in [-0.05, 0) is 36.4 Å². The summed E-state index contributed by atoms with van der Waals surface area (Å²) in [4.78, 5) is 6.25. The summed E-state index contributed by atoms with van der Waals surface area (Å²) in [6.07, 6.45) is 0. The molecule has 5 heteroatoms. The molecule has 0 spiro atoms. The second-order valence-electron chi connectivity index (χ2n) is 3.74. The molecule has 1 heterocycles. The van der Waals surface area contributed by atoms with Crippen LogP contribution in [0.15, 0.2) is 42.5 Å². The van der Waals surface area contributed by atoms with Crippen LogP contribution >= 0.6 is 0 Å². The number of hydrogen-bond donors (Lipinski definition) is 2. The van der Waals surface area contributed by atoms with Crippen molar-refractivity contribution in [1.29, 1.82) is 5.26 Å². The summed E-state index contributed by atoms with van der Waals surface area (Å²) in [5.41, 5.74) is 4.10. The number of nitriles is 1. The van der Waals surface area contributed by atoms with Crippen LogP contribution in [-0.4, -0.2) is 12.0 Å². The zero-order valence-electron chi connectivity index (χ0n) is 9.96. The minimum atomic E-state index is 0.605. The van der Waals surface area contributed by atoms with Crippen LogP contribution in [0.5, 0.6) is 0 Å². The summed E-state index contributed by atoms with van der Waals surface area (Å²) in [5, 5.41) is 8.75. The molecular weight excluding hydrogens is 226 g/mol. The van der Waals surface area contributed by atoms with Gasteiger partial charge in [0.2, 0.25) is 0 Å². The molecule has 0 bridgehead atoms. The monoisotopic (exact) mass is 239 g/mol. The van der Waals surface area contributed by atoms with E-state index in [0.29, 0.717) is 11.4 Å². The molecule has 1 aromatic heterocycles. The molecule has 5 nitrogen and oxygen atoms in total. The van der Waals surface area contributed by atoms with E-state index < -0.39 is 0 Å². The first kappa shape index (κ1) is 11.9. The molecule has 0 atom stereocenters. The minimum Gasteiger partial charge on any atom is -0.329 e. The van der Waals surface area contributed by atoms with Gasteiger partial charge in [-0.25, -0.2) is 10.8 Å². The third-order valence-corrected chi connectivity index (χ3v) is 2.61. The second kappa shape index (κ2) is 5.17. The molecule has 0 amide bonds. The van der Waals surface area contributed by atoms with Crippen molar-refractivity contribution >= 4 is 17.3 Å². The Kier molecular flexibility index (Phi) is 3.41. The number of nitrogens with one attached hydrogen (secondary N) is 1. The van der Waals surface area contributed by atoms with Crippen LogP contribution in [0.3, 0.4) is 0 Å². The lowest BCUT2D eigenvalue weighted by Gasteiger charge is -2.18. The maximum atomic E-state index is 8.75. The fraction of sp³-hybridized carbons (Fsp3) is 0.0769. The predicted octanol–water partition coefficient (Wildman–Crippen LogP) is 2.01. The highest BCUT2D eigenvalue weighted by molar-refractivity contribution is 5.61. The molecule has 0 aliphatic carbocycles. The van der Waals surface area contributed by atoms with Gasteiger partial charge < -0.3 is 10.3 Å². The van der Waals surface area contributed by atoms with Crippen LogP contribution in [0.1, 0.15) is 5.56 Å². The van der Waals surface area contributed by atoms with Crippen LogP contribution in [0.4, 0.5) is 17.3 Å². The van der Waals surface area contributed by atoms with E-state index in [1.807, 2.05) is 36.2 Å². The second-order valence-corrected chi connectivity index (χ2v) is 3.74. The number of hydrazine groups is 1. The number of nitrogens with zero attached hydrogens (tertiary/aromatic N) is 3. The number of nitrogens with two attached hydrogens (primary N) is 1. The summed E-state index contributed by atoms with van der Waals surface area (Å²) in [5.74, 6) is 6.71. The van der Waals surface area contributed by atoms with Crippen molar-refractivity contribution in [3.63, 3.8) is 0 Å². The first-order valence-electron chi connectivity index (χ1n) is 5.42. The van der Waals surface area contributed by atoms with Gasteiger partial charge in [-0.3, -0.25) is 0 Å². The Morgan fingerprint density at radius 1 is 1.22 bits per heavy atom. The Morgan fingerprint density at radius 3 is 2.56 bits per heavy atom. The van der Waals surface area contributed by atoms with Gasteiger partial charge in [0.25, 0.3) is 0 Å². The number of nitrogen functional groups attached to an aromatic ring is 1. The third kappa shape index (κ3) is 2.39. The topological polar surface area (TPSA) is 78.0 Å². The molecule has 0 saturated heterocycles. The summed E-state index contributed by atoms with van der Waals surface area (Å²) in [6, 6.07) is 14.9. The molecule has 0 aliphatic heterocycles. The predicted molar refractivity (Wildman–Crippen MR) is 71.3 cm³/mol. The van der Waals surface area contributed by atoms with E-state index in [4.69, 9.17) is 11.1 Å². The Morgan fingerprint density at radius 2 is 1.94 bits per heavy atom. The number of hydrogen-bond acceptors (Lipinski definition) is 5. The highest BCUT2D eigenvalue weighted by Gasteiger charge is 2.05. The molecule has 3 N–H and O–H groups in total.